The third-order valence-corrected chi connectivity index (χ3v) is 3.06. The first-order chi connectivity index (χ1) is 8.24. The fourth-order valence-corrected chi connectivity index (χ4v) is 1.84. The fraction of sp³-hybridized carbons (Fsp3) is 0.417. The molecular formula is C12H13F3N2O. The van der Waals surface area contributed by atoms with E-state index in [2.05, 4.69) is 5.10 Å². The largest absolute Gasteiger partial charge is 0.438 e. The van der Waals surface area contributed by atoms with E-state index in [-0.39, 0.29) is 5.71 Å². The van der Waals surface area contributed by atoms with E-state index in [0.717, 1.165) is 12.6 Å². The Kier molecular flexibility index (Phi) is 2.85. The van der Waals surface area contributed by atoms with Crippen molar-refractivity contribution in [1.29, 1.82) is 0 Å². The molecule has 0 bridgehead atoms. The molecule has 1 N–H and O–H groups in total. The summed E-state index contributed by atoms with van der Waals surface area (Å²) in [4.78, 5) is 0. The molecule has 2 rings (SSSR count). The van der Waals surface area contributed by atoms with Crippen LogP contribution in [-0.4, -0.2) is 34.8 Å². The maximum atomic E-state index is 12.8. The van der Waals surface area contributed by atoms with Crippen molar-refractivity contribution in [2.45, 2.75) is 25.2 Å². The van der Waals surface area contributed by atoms with Crippen molar-refractivity contribution in [2.75, 3.05) is 7.05 Å². The maximum absolute atomic E-state index is 12.8. The minimum absolute atomic E-state index is 0.234. The van der Waals surface area contributed by atoms with Crippen molar-refractivity contribution < 1.29 is 18.3 Å². The first-order valence-electron chi connectivity index (χ1n) is 5.41. The predicted molar refractivity (Wildman–Crippen MR) is 61.1 cm³/mol. The molecule has 6 heteroatoms. The summed E-state index contributed by atoms with van der Waals surface area (Å²) in [5, 5.41) is 14.0. The Bertz CT molecular complexity index is 481. The zero-order valence-corrected chi connectivity index (χ0v) is 9.99. The standard InChI is InChI=1S/C12H13F3N2O/c1-8-3-5-9(6-4-8)10-7-11(18,12(13,14)15)17(2)16-10/h3-6,18H,7H2,1-2H3. The maximum Gasteiger partial charge on any atom is 0.438 e. The first kappa shape index (κ1) is 12.9. The van der Waals surface area contributed by atoms with E-state index in [9.17, 15) is 18.3 Å². The van der Waals surface area contributed by atoms with Crippen LogP contribution < -0.4 is 0 Å². The number of hydrogen-bond donors (Lipinski definition) is 1. The Morgan fingerprint density at radius 3 is 2.28 bits per heavy atom. The molecule has 0 saturated carbocycles. The van der Waals surface area contributed by atoms with Crippen LogP contribution in [0.15, 0.2) is 29.4 Å². The van der Waals surface area contributed by atoms with Crippen molar-refractivity contribution >= 4 is 5.71 Å². The third-order valence-electron chi connectivity index (χ3n) is 3.06. The van der Waals surface area contributed by atoms with E-state index >= 15 is 0 Å². The summed E-state index contributed by atoms with van der Waals surface area (Å²) in [5.74, 6) is 0. The van der Waals surface area contributed by atoms with Crippen LogP contribution in [0, 0.1) is 6.92 Å². The lowest BCUT2D eigenvalue weighted by Crippen LogP contribution is -2.53. The summed E-state index contributed by atoms with van der Waals surface area (Å²) in [6.07, 6.45) is -5.30. The highest BCUT2D eigenvalue weighted by atomic mass is 19.4. The van der Waals surface area contributed by atoms with Crippen LogP contribution in [0.1, 0.15) is 17.5 Å². The van der Waals surface area contributed by atoms with Gasteiger partial charge in [0.25, 0.3) is 5.72 Å². The summed E-state index contributed by atoms with van der Waals surface area (Å²) in [5.41, 5.74) is -1.07. The Labute approximate surface area is 103 Å². The van der Waals surface area contributed by atoms with Gasteiger partial charge in [0.1, 0.15) is 0 Å². The van der Waals surface area contributed by atoms with E-state index in [1.165, 1.54) is 0 Å². The molecule has 1 aliphatic heterocycles. The highest BCUT2D eigenvalue weighted by molar-refractivity contribution is 6.02. The van der Waals surface area contributed by atoms with E-state index in [1.54, 1.807) is 24.3 Å². The van der Waals surface area contributed by atoms with Gasteiger partial charge >= 0.3 is 6.18 Å². The molecule has 1 atom stereocenters. The topological polar surface area (TPSA) is 35.8 Å². The van der Waals surface area contributed by atoms with Gasteiger partial charge in [-0.2, -0.15) is 18.3 Å². The lowest BCUT2D eigenvalue weighted by atomic mass is 10.0. The number of alkyl halides is 3. The number of aryl methyl sites for hydroxylation is 1. The van der Waals surface area contributed by atoms with Gasteiger partial charge in [-0.15, -0.1) is 0 Å². The van der Waals surface area contributed by atoms with Gasteiger partial charge in [0.05, 0.1) is 12.1 Å². The molecule has 1 aromatic carbocycles. The van der Waals surface area contributed by atoms with E-state index in [4.69, 9.17) is 0 Å². The SMILES string of the molecule is Cc1ccc(C2=NN(C)C(O)(C(F)(F)F)C2)cc1. The predicted octanol–water partition coefficient (Wildman–Crippen LogP) is 2.29. The molecule has 0 radical (unpaired) electrons. The third kappa shape index (κ3) is 1.96. The number of hydrogen-bond acceptors (Lipinski definition) is 3. The Morgan fingerprint density at radius 2 is 1.83 bits per heavy atom. The summed E-state index contributed by atoms with van der Waals surface area (Å²) in [7, 11) is 1.12. The second-order valence-corrected chi connectivity index (χ2v) is 4.43. The van der Waals surface area contributed by atoms with Gasteiger partial charge in [0, 0.05) is 7.05 Å². The number of aliphatic hydroxyl groups is 1. The van der Waals surface area contributed by atoms with Crippen molar-refractivity contribution in [1.82, 2.24) is 5.01 Å². The van der Waals surface area contributed by atoms with Gasteiger partial charge in [-0.05, 0) is 12.5 Å². The lowest BCUT2D eigenvalue weighted by molar-refractivity contribution is -0.303. The smallest absolute Gasteiger partial charge is 0.362 e. The molecule has 3 nitrogen and oxygen atoms in total. The Morgan fingerprint density at radius 1 is 1.28 bits per heavy atom. The zero-order chi connectivity index (χ0) is 13.6. The normalized spacial score (nSPS) is 24.3. The van der Waals surface area contributed by atoms with E-state index < -0.39 is 18.3 Å². The number of halogens is 3. The molecule has 0 aromatic heterocycles. The minimum Gasteiger partial charge on any atom is -0.362 e. The molecule has 1 aliphatic rings. The van der Waals surface area contributed by atoms with Crippen molar-refractivity contribution in [3.8, 4) is 0 Å². The van der Waals surface area contributed by atoms with E-state index in [0.29, 0.717) is 10.6 Å². The highest BCUT2D eigenvalue weighted by Gasteiger charge is 2.60. The second kappa shape index (κ2) is 3.98. The average molecular weight is 258 g/mol. The van der Waals surface area contributed by atoms with E-state index in [1.807, 2.05) is 6.92 Å². The fourth-order valence-electron chi connectivity index (χ4n) is 1.84. The quantitative estimate of drug-likeness (QED) is 0.839. The van der Waals surface area contributed by atoms with Gasteiger partial charge in [0.2, 0.25) is 0 Å². The van der Waals surface area contributed by atoms with Gasteiger partial charge in [-0.1, -0.05) is 29.8 Å². The van der Waals surface area contributed by atoms with Gasteiger partial charge in [-0.25, -0.2) is 0 Å². The summed E-state index contributed by atoms with van der Waals surface area (Å²) in [6, 6.07) is 6.99. The number of nitrogens with zero attached hydrogens (tertiary/aromatic N) is 2. The summed E-state index contributed by atoms with van der Waals surface area (Å²) in [6.45, 7) is 1.89. The molecular weight excluding hydrogens is 245 g/mol. The van der Waals surface area contributed by atoms with Crippen LogP contribution in [0.4, 0.5) is 13.2 Å². The highest BCUT2D eigenvalue weighted by Crippen LogP contribution is 2.40. The van der Waals surface area contributed by atoms with Crippen LogP contribution in [0.25, 0.3) is 0 Å². The molecule has 1 heterocycles. The Hall–Kier alpha value is -1.56. The monoisotopic (exact) mass is 258 g/mol. The van der Waals surface area contributed by atoms with Crippen LogP contribution in [-0.2, 0) is 0 Å². The molecule has 1 aromatic rings. The summed E-state index contributed by atoms with van der Waals surface area (Å²) >= 11 is 0. The lowest BCUT2D eigenvalue weighted by Gasteiger charge is -2.31. The van der Waals surface area contributed by atoms with Crippen LogP contribution in [0.2, 0.25) is 0 Å². The Balaban J connectivity index is 2.30. The van der Waals surface area contributed by atoms with Crippen molar-refractivity contribution in [3.63, 3.8) is 0 Å². The first-order valence-corrected chi connectivity index (χ1v) is 5.41. The number of hydrazone groups is 1. The van der Waals surface area contributed by atoms with Crippen LogP contribution in [0.5, 0.6) is 0 Å². The molecule has 0 aliphatic carbocycles. The molecule has 0 saturated heterocycles. The minimum atomic E-state index is -4.74. The second-order valence-electron chi connectivity index (χ2n) is 4.43. The molecule has 98 valence electrons. The van der Waals surface area contributed by atoms with Gasteiger partial charge in [0.15, 0.2) is 0 Å². The van der Waals surface area contributed by atoms with Crippen molar-refractivity contribution in [3.05, 3.63) is 35.4 Å². The zero-order valence-electron chi connectivity index (χ0n) is 9.99. The molecule has 1 unspecified atom stereocenters. The summed E-state index contributed by atoms with van der Waals surface area (Å²) < 4.78 is 38.4. The molecule has 0 amide bonds. The molecule has 18 heavy (non-hydrogen) atoms. The molecule has 0 spiro atoms. The van der Waals surface area contributed by atoms with Gasteiger partial charge < -0.3 is 5.11 Å². The van der Waals surface area contributed by atoms with Gasteiger partial charge in [-0.3, -0.25) is 5.01 Å². The average Bonchev–Trinajstić information content (AvgIpc) is 2.57. The number of benzene rings is 1. The number of rotatable bonds is 1. The van der Waals surface area contributed by atoms with Crippen LogP contribution in [0.3, 0.4) is 0 Å². The van der Waals surface area contributed by atoms with Crippen molar-refractivity contribution in [2.24, 2.45) is 5.10 Å². The molecule has 0 fully saturated rings. The van der Waals surface area contributed by atoms with Crippen LogP contribution >= 0.6 is 0 Å².